The van der Waals surface area contributed by atoms with Gasteiger partial charge in [0.1, 0.15) is 17.9 Å². The Hall–Kier alpha value is -3.19. The van der Waals surface area contributed by atoms with E-state index in [4.69, 9.17) is 0 Å². The summed E-state index contributed by atoms with van der Waals surface area (Å²) in [5, 5.41) is 3.92. The van der Waals surface area contributed by atoms with Gasteiger partial charge in [0.15, 0.2) is 17.2 Å². The van der Waals surface area contributed by atoms with Gasteiger partial charge in [-0.3, -0.25) is 0 Å². The molecule has 0 N–H and O–H groups in total. The molecule has 5 heterocycles. The zero-order valence-corrected chi connectivity index (χ0v) is 17.8. The minimum absolute atomic E-state index is 0.201. The summed E-state index contributed by atoms with van der Waals surface area (Å²) in [7, 11) is 0. The van der Waals surface area contributed by atoms with Crippen LogP contribution >= 0.6 is 0 Å². The Balaban J connectivity index is 1.29. The number of aromatic nitrogens is 6. The van der Waals surface area contributed by atoms with Crippen LogP contribution in [0.15, 0.2) is 18.6 Å². The molecule has 3 aromatic rings. The van der Waals surface area contributed by atoms with Gasteiger partial charge in [0.2, 0.25) is 0 Å². The molecule has 8 nitrogen and oxygen atoms in total. The lowest BCUT2D eigenvalue weighted by Crippen LogP contribution is -2.42. The number of hydrogen-bond acceptors (Lipinski definition) is 7. The van der Waals surface area contributed by atoms with E-state index in [1.807, 2.05) is 4.90 Å². The lowest BCUT2D eigenvalue weighted by molar-refractivity contribution is -0.141. The fourth-order valence-electron chi connectivity index (χ4n) is 4.69. The van der Waals surface area contributed by atoms with E-state index < -0.39 is 30.8 Å². The minimum Gasteiger partial charge on any atom is -0.355 e. The van der Waals surface area contributed by atoms with Crippen molar-refractivity contribution in [2.24, 2.45) is 5.41 Å². The van der Waals surface area contributed by atoms with E-state index in [9.17, 15) is 26.3 Å². The second-order valence-corrected chi connectivity index (χ2v) is 8.68. The van der Waals surface area contributed by atoms with Crippen LogP contribution in [0.5, 0.6) is 0 Å². The quantitative estimate of drug-likeness (QED) is 0.523. The Bertz CT molecular complexity index is 1190. The highest BCUT2D eigenvalue weighted by atomic mass is 19.4. The Labute approximate surface area is 189 Å². The summed E-state index contributed by atoms with van der Waals surface area (Å²) in [5.41, 5.74) is -0.717. The molecule has 3 aromatic heterocycles. The van der Waals surface area contributed by atoms with Gasteiger partial charge in [0.25, 0.3) is 12.4 Å². The number of halogens is 6. The third-order valence-electron chi connectivity index (χ3n) is 6.53. The molecule has 5 rings (SSSR count). The van der Waals surface area contributed by atoms with Crippen LogP contribution in [0.3, 0.4) is 0 Å². The molecule has 2 saturated heterocycles. The van der Waals surface area contributed by atoms with E-state index in [1.165, 1.54) is 11.1 Å². The molecule has 2 fully saturated rings. The molecular weight excluding hydrogens is 466 g/mol. The van der Waals surface area contributed by atoms with Gasteiger partial charge in [-0.15, -0.1) is 0 Å². The maximum atomic E-state index is 14.2. The molecule has 0 bridgehead atoms. The highest BCUT2D eigenvalue weighted by molar-refractivity contribution is 5.71. The van der Waals surface area contributed by atoms with Crippen molar-refractivity contribution in [1.29, 1.82) is 0 Å². The largest absolute Gasteiger partial charge is 0.434 e. The monoisotopic (exact) mass is 486 g/mol. The van der Waals surface area contributed by atoms with Crippen molar-refractivity contribution >= 4 is 22.8 Å². The van der Waals surface area contributed by atoms with Crippen LogP contribution in [-0.4, -0.2) is 62.3 Å². The maximum absolute atomic E-state index is 14.2. The topological polar surface area (TPSA) is 75.9 Å². The molecule has 2 aliphatic rings. The Kier molecular flexibility index (Phi) is 5.47. The predicted octanol–water partition coefficient (Wildman–Crippen LogP) is 3.54. The summed E-state index contributed by atoms with van der Waals surface area (Å²) in [5.74, 6) is -0.854. The van der Waals surface area contributed by atoms with Crippen molar-refractivity contribution in [3.63, 3.8) is 0 Å². The van der Waals surface area contributed by atoms with Crippen molar-refractivity contribution in [3.05, 3.63) is 30.2 Å². The molecule has 182 valence electrons. The fraction of sp³-hybridized carbons (Fsp3) is 0.550. The number of nitrogens with zero attached hydrogens (tertiary/aromatic N) is 8. The van der Waals surface area contributed by atoms with E-state index in [-0.39, 0.29) is 16.9 Å². The second-order valence-electron chi connectivity index (χ2n) is 8.68. The van der Waals surface area contributed by atoms with Gasteiger partial charge in [0.05, 0.1) is 18.6 Å². The van der Waals surface area contributed by atoms with Gasteiger partial charge >= 0.3 is 6.18 Å². The Morgan fingerprint density at radius 3 is 2.32 bits per heavy atom. The molecule has 0 aliphatic carbocycles. The fourth-order valence-corrected chi connectivity index (χ4v) is 4.69. The molecule has 0 amide bonds. The lowest BCUT2D eigenvalue weighted by atomic mass is 9.78. The summed E-state index contributed by atoms with van der Waals surface area (Å²) in [6, 6.07) is 0. The number of fused-ring (bicyclic) bond motifs is 1. The maximum Gasteiger partial charge on any atom is 0.434 e. The first-order valence-electron chi connectivity index (χ1n) is 10.7. The number of rotatable bonds is 4. The lowest BCUT2D eigenvalue weighted by Gasteiger charge is -2.39. The molecule has 0 atom stereocenters. The van der Waals surface area contributed by atoms with Gasteiger partial charge in [-0.2, -0.15) is 22.7 Å². The average Bonchev–Trinajstić information content (AvgIpc) is 3.38. The van der Waals surface area contributed by atoms with Crippen LogP contribution in [0, 0.1) is 11.4 Å². The zero-order chi connectivity index (χ0) is 24.1. The van der Waals surface area contributed by atoms with Crippen LogP contribution in [0.25, 0.3) is 11.2 Å². The van der Waals surface area contributed by atoms with Crippen molar-refractivity contribution < 1.29 is 26.3 Å². The van der Waals surface area contributed by atoms with E-state index in [0.29, 0.717) is 63.0 Å². The van der Waals surface area contributed by atoms with E-state index in [1.54, 1.807) is 6.20 Å². The van der Waals surface area contributed by atoms with E-state index in [2.05, 4.69) is 25.0 Å². The first kappa shape index (κ1) is 22.6. The number of anilines is 2. The van der Waals surface area contributed by atoms with Gasteiger partial charge in [-0.1, -0.05) is 0 Å². The highest BCUT2D eigenvalue weighted by Gasteiger charge is 2.43. The summed E-state index contributed by atoms with van der Waals surface area (Å²) >= 11 is 0. The first-order chi connectivity index (χ1) is 16.1. The molecule has 34 heavy (non-hydrogen) atoms. The molecule has 1 spiro atoms. The third kappa shape index (κ3) is 4.20. The summed E-state index contributed by atoms with van der Waals surface area (Å²) in [6.45, 7) is 1.36. The summed E-state index contributed by atoms with van der Waals surface area (Å²) in [4.78, 5) is 19.0. The number of piperidine rings is 1. The first-order valence-corrected chi connectivity index (χ1v) is 10.7. The molecule has 2 aliphatic heterocycles. The van der Waals surface area contributed by atoms with Gasteiger partial charge in [-0.25, -0.2) is 33.4 Å². The van der Waals surface area contributed by atoms with Crippen LogP contribution < -0.4 is 9.80 Å². The molecule has 0 saturated carbocycles. The number of alkyl halides is 5. The van der Waals surface area contributed by atoms with E-state index in [0.717, 1.165) is 4.68 Å². The van der Waals surface area contributed by atoms with Crippen molar-refractivity contribution in [2.75, 3.05) is 36.0 Å². The van der Waals surface area contributed by atoms with Crippen LogP contribution in [0.1, 0.15) is 25.0 Å². The van der Waals surface area contributed by atoms with Gasteiger partial charge in [0, 0.05) is 26.2 Å². The number of hydrogen-bond donors (Lipinski definition) is 0. The highest BCUT2D eigenvalue weighted by Crippen LogP contribution is 2.43. The average molecular weight is 486 g/mol. The minimum atomic E-state index is -4.70. The van der Waals surface area contributed by atoms with Crippen LogP contribution in [0.4, 0.5) is 38.0 Å². The predicted molar refractivity (Wildman–Crippen MR) is 109 cm³/mol. The molecule has 14 heteroatoms. The van der Waals surface area contributed by atoms with Crippen molar-refractivity contribution in [2.45, 2.75) is 38.4 Å². The van der Waals surface area contributed by atoms with Crippen LogP contribution in [0.2, 0.25) is 0 Å². The molecule has 0 aromatic carbocycles. The third-order valence-corrected chi connectivity index (χ3v) is 6.53. The molecular formula is C20H20F6N8. The van der Waals surface area contributed by atoms with Crippen LogP contribution in [-0.2, 0) is 12.7 Å². The summed E-state index contributed by atoms with van der Waals surface area (Å²) < 4.78 is 79.9. The SMILES string of the molecule is Fc1ncc(C(F)(F)F)nc1N1CCC2(CCN(c3cnc4cnn(CC(F)F)c4n3)CC2)C1. The second kappa shape index (κ2) is 8.24. The van der Waals surface area contributed by atoms with Gasteiger partial charge < -0.3 is 9.80 Å². The molecule has 0 unspecified atom stereocenters. The van der Waals surface area contributed by atoms with Gasteiger partial charge in [-0.05, 0) is 24.7 Å². The zero-order valence-electron chi connectivity index (χ0n) is 17.8. The Morgan fingerprint density at radius 1 is 0.941 bits per heavy atom. The van der Waals surface area contributed by atoms with E-state index >= 15 is 0 Å². The van der Waals surface area contributed by atoms with Crippen molar-refractivity contribution in [3.8, 4) is 0 Å². The van der Waals surface area contributed by atoms with Crippen molar-refractivity contribution in [1.82, 2.24) is 29.7 Å². The smallest absolute Gasteiger partial charge is 0.355 e. The Morgan fingerprint density at radius 2 is 1.65 bits per heavy atom. The summed E-state index contributed by atoms with van der Waals surface area (Å²) in [6.07, 6.45) is -1.82. The normalized spacial score (nSPS) is 18.6. The standard InChI is InChI=1S/C20H20F6N8/c21-14(22)10-34-17-12(7-29-34)27-9-15(31-17)32-4-1-19(2-5-32)3-6-33(11-19)18-16(23)28-8-13(30-18)20(24,25)26/h7-9,14H,1-6,10-11H2. The molecule has 0 radical (unpaired) electrons.